The van der Waals surface area contributed by atoms with Crippen LogP contribution in [0.15, 0.2) is 36.4 Å². The zero-order valence-corrected chi connectivity index (χ0v) is 11.4. The number of halogens is 2. The molecule has 0 fully saturated rings. The highest BCUT2D eigenvalue weighted by Gasteiger charge is 2.16. The number of anilines is 2. The van der Waals surface area contributed by atoms with Crippen molar-refractivity contribution in [2.75, 3.05) is 19.1 Å². The van der Waals surface area contributed by atoms with Gasteiger partial charge in [-0.3, -0.25) is 0 Å². The van der Waals surface area contributed by atoms with Crippen LogP contribution in [-0.2, 0) is 6.54 Å². The fourth-order valence-corrected chi connectivity index (χ4v) is 1.99. The molecule has 0 saturated carbocycles. The van der Waals surface area contributed by atoms with E-state index in [1.54, 1.807) is 38.4 Å². The molecule has 2 aromatic rings. The Hall–Kier alpha value is -2.14. The normalized spacial score (nSPS) is 10.4. The van der Waals surface area contributed by atoms with Crippen LogP contribution >= 0.6 is 0 Å². The summed E-state index contributed by atoms with van der Waals surface area (Å²) >= 11 is 0. The molecule has 0 aliphatic heterocycles. The Morgan fingerprint density at radius 2 is 1.65 bits per heavy atom. The van der Waals surface area contributed by atoms with Crippen molar-refractivity contribution in [3.05, 3.63) is 53.6 Å². The third-order valence-corrected chi connectivity index (χ3v) is 3.11. The second-order valence-corrected chi connectivity index (χ2v) is 4.37. The van der Waals surface area contributed by atoms with E-state index in [1.165, 1.54) is 17.0 Å². The number of nitrogens with zero attached hydrogens (tertiary/aromatic N) is 1. The molecule has 0 bridgehead atoms. The van der Waals surface area contributed by atoms with Gasteiger partial charge in [0.15, 0.2) is 0 Å². The average Bonchev–Trinajstić information content (AvgIpc) is 2.46. The summed E-state index contributed by atoms with van der Waals surface area (Å²) in [5.74, 6) is -0.589. The lowest BCUT2D eigenvalue weighted by Crippen LogP contribution is -2.14. The number of nitrogens with two attached hydrogens (primary N) is 1. The first-order chi connectivity index (χ1) is 9.56. The summed E-state index contributed by atoms with van der Waals surface area (Å²) in [5.41, 5.74) is 6.37. The van der Waals surface area contributed by atoms with Crippen LogP contribution in [0, 0.1) is 11.6 Å². The molecule has 0 unspecified atom stereocenters. The van der Waals surface area contributed by atoms with Crippen LogP contribution in [-0.4, -0.2) is 14.2 Å². The molecule has 0 atom stereocenters. The second kappa shape index (κ2) is 5.88. The molecule has 0 radical (unpaired) electrons. The molecule has 20 heavy (non-hydrogen) atoms. The van der Waals surface area contributed by atoms with Gasteiger partial charge in [0.2, 0.25) is 0 Å². The Morgan fingerprint density at radius 3 is 2.10 bits per heavy atom. The molecule has 3 nitrogen and oxygen atoms in total. The molecule has 0 heterocycles. The largest absolute Gasteiger partial charge is 0.497 e. The molecule has 0 aromatic heterocycles. The smallest absolute Gasteiger partial charge is 0.150 e. The monoisotopic (exact) mass is 278 g/mol. The van der Waals surface area contributed by atoms with Crippen molar-refractivity contribution in [2.45, 2.75) is 6.54 Å². The first kappa shape index (κ1) is 14.3. The zero-order valence-electron chi connectivity index (χ0n) is 11.4. The van der Waals surface area contributed by atoms with Gasteiger partial charge in [0, 0.05) is 19.3 Å². The molecule has 0 aliphatic carbocycles. The predicted octanol–water partition coefficient (Wildman–Crippen LogP) is 3.20. The number of hydrogen-bond acceptors (Lipinski definition) is 3. The molecule has 2 aromatic carbocycles. The maximum absolute atomic E-state index is 14.0. The van der Waals surface area contributed by atoms with E-state index < -0.39 is 11.6 Å². The van der Waals surface area contributed by atoms with Crippen molar-refractivity contribution in [3.8, 4) is 5.75 Å². The fourth-order valence-electron chi connectivity index (χ4n) is 1.99. The van der Waals surface area contributed by atoms with Gasteiger partial charge in [0.25, 0.3) is 0 Å². The summed E-state index contributed by atoms with van der Waals surface area (Å²) in [4.78, 5) is 1.45. The van der Waals surface area contributed by atoms with Gasteiger partial charge in [-0.15, -0.1) is 0 Å². The minimum absolute atomic E-state index is 0.0976. The zero-order chi connectivity index (χ0) is 14.7. The van der Waals surface area contributed by atoms with E-state index in [-0.39, 0.29) is 12.2 Å². The summed E-state index contributed by atoms with van der Waals surface area (Å²) in [6.07, 6.45) is 0. The second-order valence-electron chi connectivity index (χ2n) is 4.37. The van der Waals surface area contributed by atoms with Gasteiger partial charge >= 0.3 is 0 Å². The van der Waals surface area contributed by atoms with Crippen LogP contribution in [0.25, 0.3) is 0 Å². The minimum Gasteiger partial charge on any atom is -0.497 e. The molecular formula is C15H16F2N2O. The average molecular weight is 278 g/mol. The van der Waals surface area contributed by atoms with E-state index in [0.29, 0.717) is 17.0 Å². The molecular weight excluding hydrogens is 262 g/mol. The molecule has 0 aliphatic rings. The fraction of sp³-hybridized carbons (Fsp3) is 0.200. The number of hydrogen-bond donors (Lipinski definition) is 1. The Morgan fingerprint density at radius 1 is 1.10 bits per heavy atom. The lowest BCUT2D eigenvalue weighted by Gasteiger charge is -2.21. The van der Waals surface area contributed by atoms with Gasteiger partial charge in [-0.1, -0.05) is 0 Å². The maximum Gasteiger partial charge on any atom is 0.150 e. The lowest BCUT2D eigenvalue weighted by atomic mass is 10.1. The Bertz CT molecular complexity index is 576. The maximum atomic E-state index is 14.0. The summed E-state index contributed by atoms with van der Waals surface area (Å²) in [7, 11) is 3.16. The highest BCUT2D eigenvalue weighted by atomic mass is 19.1. The summed E-state index contributed by atoms with van der Waals surface area (Å²) in [6.45, 7) is 0.0976. The van der Waals surface area contributed by atoms with Crippen molar-refractivity contribution in [1.29, 1.82) is 0 Å². The summed E-state index contributed by atoms with van der Waals surface area (Å²) in [6, 6.07) is 9.42. The van der Waals surface area contributed by atoms with E-state index in [2.05, 4.69) is 0 Å². The van der Waals surface area contributed by atoms with E-state index in [9.17, 15) is 8.78 Å². The topological polar surface area (TPSA) is 38.5 Å². The van der Waals surface area contributed by atoms with E-state index in [0.717, 1.165) is 0 Å². The SMILES string of the molecule is COc1ccc(N(C)c2c(F)cc(CN)cc2F)cc1. The Labute approximate surface area is 116 Å². The van der Waals surface area contributed by atoms with Gasteiger partial charge in [-0.25, -0.2) is 8.78 Å². The van der Waals surface area contributed by atoms with Gasteiger partial charge in [0.05, 0.1) is 7.11 Å². The molecule has 5 heteroatoms. The van der Waals surface area contributed by atoms with E-state index in [4.69, 9.17) is 10.5 Å². The quantitative estimate of drug-likeness (QED) is 0.933. The van der Waals surface area contributed by atoms with Crippen LogP contribution in [0.5, 0.6) is 5.75 Å². The number of methoxy groups -OCH3 is 1. The summed E-state index contributed by atoms with van der Waals surface area (Å²) < 4.78 is 33.1. The molecule has 2 rings (SSSR count). The van der Waals surface area contributed by atoms with Gasteiger partial charge < -0.3 is 15.4 Å². The van der Waals surface area contributed by atoms with Crippen molar-refractivity contribution in [1.82, 2.24) is 0 Å². The van der Waals surface area contributed by atoms with Crippen LogP contribution in [0.4, 0.5) is 20.2 Å². The molecule has 0 amide bonds. The van der Waals surface area contributed by atoms with Crippen LogP contribution in [0.3, 0.4) is 0 Å². The third-order valence-electron chi connectivity index (χ3n) is 3.11. The van der Waals surface area contributed by atoms with Gasteiger partial charge in [-0.05, 0) is 42.0 Å². The molecule has 2 N–H and O–H groups in total. The number of benzene rings is 2. The van der Waals surface area contributed by atoms with Crippen molar-refractivity contribution in [2.24, 2.45) is 5.73 Å². The Kier molecular flexibility index (Phi) is 4.20. The van der Waals surface area contributed by atoms with E-state index in [1.807, 2.05) is 0 Å². The summed E-state index contributed by atoms with van der Waals surface area (Å²) in [5, 5.41) is 0. The highest BCUT2D eigenvalue weighted by Crippen LogP contribution is 2.30. The van der Waals surface area contributed by atoms with Crippen molar-refractivity contribution >= 4 is 11.4 Å². The van der Waals surface area contributed by atoms with Crippen LogP contribution in [0.2, 0.25) is 0 Å². The van der Waals surface area contributed by atoms with Gasteiger partial charge in [-0.2, -0.15) is 0 Å². The van der Waals surface area contributed by atoms with Crippen LogP contribution in [0.1, 0.15) is 5.56 Å². The van der Waals surface area contributed by atoms with Gasteiger partial charge in [0.1, 0.15) is 23.1 Å². The predicted molar refractivity (Wildman–Crippen MR) is 75.3 cm³/mol. The number of ether oxygens (including phenoxy) is 1. The van der Waals surface area contributed by atoms with Crippen LogP contribution < -0.4 is 15.4 Å². The number of rotatable bonds is 4. The van der Waals surface area contributed by atoms with E-state index >= 15 is 0 Å². The molecule has 0 saturated heterocycles. The first-order valence-electron chi connectivity index (χ1n) is 6.12. The minimum atomic E-state index is -0.635. The third kappa shape index (κ3) is 2.72. The first-order valence-corrected chi connectivity index (χ1v) is 6.12. The Balaban J connectivity index is 2.39. The van der Waals surface area contributed by atoms with Crippen molar-refractivity contribution < 1.29 is 13.5 Å². The molecule has 106 valence electrons. The van der Waals surface area contributed by atoms with Crippen molar-refractivity contribution in [3.63, 3.8) is 0 Å². The molecule has 0 spiro atoms. The standard InChI is InChI=1S/C15H16F2N2O/c1-19(11-3-5-12(20-2)6-4-11)15-13(16)7-10(9-18)8-14(15)17/h3-8H,9,18H2,1-2H3. The highest BCUT2D eigenvalue weighted by molar-refractivity contribution is 5.64. The lowest BCUT2D eigenvalue weighted by molar-refractivity contribution is 0.415.